The van der Waals surface area contributed by atoms with E-state index < -0.39 is 0 Å². The van der Waals surface area contributed by atoms with Crippen LogP contribution in [0, 0.1) is 0 Å². The number of rotatable bonds is 0. The maximum Gasteiger partial charge on any atom is 0.140 e. The summed E-state index contributed by atoms with van der Waals surface area (Å²) in [7, 11) is 10.6. The summed E-state index contributed by atoms with van der Waals surface area (Å²) in [5.74, 6) is 0. The van der Waals surface area contributed by atoms with Crippen LogP contribution in [-0.4, -0.2) is 20.7 Å². The van der Waals surface area contributed by atoms with Gasteiger partial charge in [0, 0.05) is 6.20 Å². The van der Waals surface area contributed by atoms with E-state index in [4.69, 9.17) is 27.3 Å². The van der Waals surface area contributed by atoms with Crippen LogP contribution < -0.4 is 11.1 Å². The Labute approximate surface area is 61.3 Å². The molecule has 0 atom stereocenters. The van der Waals surface area contributed by atoms with E-state index in [0.717, 1.165) is 0 Å². The molecule has 1 nitrogen and oxygen atoms in total. The molecule has 0 unspecified atom stereocenters. The second kappa shape index (κ2) is 2.44. The molecule has 40 valence electrons. The van der Waals surface area contributed by atoms with Gasteiger partial charge in [-0.2, -0.15) is 0 Å². The summed E-state index contributed by atoms with van der Waals surface area (Å²) in [6.07, 6.45) is 1.45. The smallest absolute Gasteiger partial charge is 0.140 e. The molecule has 1 aromatic rings. The summed E-state index contributed by atoms with van der Waals surface area (Å²) in [6.45, 7) is 0. The molecule has 0 spiro atoms. The van der Waals surface area contributed by atoms with Crippen molar-refractivity contribution < 1.29 is 0 Å². The van der Waals surface area contributed by atoms with Gasteiger partial charge in [-0.1, -0.05) is 17.1 Å². The van der Waals surface area contributed by atoms with Gasteiger partial charge in [0.15, 0.2) is 0 Å². The lowest BCUT2D eigenvalue weighted by Crippen LogP contribution is -2.28. The van der Waals surface area contributed by atoms with Crippen molar-refractivity contribution in [1.82, 2.24) is 4.98 Å². The van der Waals surface area contributed by atoms with E-state index >= 15 is 0 Å². The van der Waals surface area contributed by atoms with Gasteiger partial charge in [0.05, 0.1) is 5.02 Å². The molecule has 0 aromatic carbocycles. The fourth-order valence-electron chi connectivity index (χ4n) is 0.466. The normalized spacial score (nSPS) is 9.44. The summed E-state index contributed by atoms with van der Waals surface area (Å²) >= 11 is 5.52. The van der Waals surface area contributed by atoms with E-state index in [1.54, 1.807) is 6.07 Å². The van der Waals surface area contributed by atoms with Gasteiger partial charge in [-0.3, -0.25) is 4.98 Å². The van der Waals surface area contributed by atoms with E-state index in [0.29, 0.717) is 16.1 Å². The van der Waals surface area contributed by atoms with Crippen LogP contribution in [0.2, 0.25) is 5.02 Å². The molecular formula is C5H2B2ClN. The molecule has 9 heavy (non-hydrogen) atoms. The molecule has 0 bridgehead atoms. The van der Waals surface area contributed by atoms with E-state index in [-0.39, 0.29) is 0 Å². The van der Waals surface area contributed by atoms with Crippen LogP contribution in [0.1, 0.15) is 0 Å². The summed E-state index contributed by atoms with van der Waals surface area (Å²) < 4.78 is 0. The zero-order valence-electron chi connectivity index (χ0n) is 4.63. The second-order valence-electron chi connectivity index (χ2n) is 1.63. The molecule has 0 aliphatic rings. The van der Waals surface area contributed by atoms with Crippen molar-refractivity contribution in [3.63, 3.8) is 0 Å². The minimum absolute atomic E-state index is 0.319. The highest BCUT2D eigenvalue weighted by Gasteiger charge is 1.91. The maximum absolute atomic E-state index is 5.52. The van der Waals surface area contributed by atoms with Crippen molar-refractivity contribution >= 4 is 38.3 Å². The van der Waals surface area contributed by atoms with Crippen LogP contribution in [0.3, 0.4) is 0 Å². The average Bonchev–Trinajstić information content (AvgIpc) is 1.80. The Morgan fingerprint density at radius 1 is 1.44 bits per heavy atom. The molecule has 0 aliphatic carbocycles. The van der Waals surface area contributed by atoms with Gasteiger partial charge < -0.3 is 0 Å². The first kappa shape index (κ1) is 6.69. The Kier molecular flexibility index (Phi) is 1.81. The molecule has 0 fully saturated rings. The molecule has 0 aliphatic heterocycles. The fourth-order valence-corrected chi connectivity index (χ4v) is 0.632. The van der Waals surface area contributed by atoms with Crippen molar-refractivity contribution in [3.05, 3.63) is 17.3 Å². The zero-order valence-corrected chi connectivity index (χ0v) is 5.39. The van der Waals surface area contributed by atoms with Crippen LogP contribution in [0.5, 0.6) is 0 Å². The van der Waals surface area contributed by atoms with E-state index in [1.165, 1.54) is 6.20 Å². The first-order valence-corrected chi connectivity index (χ1v) is 2.74. The lowest BCUT2D eigenvalue weighted by atomic mass is 9.86. The molecule has 4 radical (unpaired) electrons. The molecular weight excluding hydrogens is 131 g/mol. The van der Waals surface area contributed by atoms with Crippen LogP contribution in [-0.2, 0) is 0 Å². The molecule has 1 aromatic heterocycles. The zero-order chi connectivity index (χ0) is 6.85. The Bertz CT molecular complexity index is 226. The van der Waals surface area contributed by atoms with E-state index in [2.05, 4.69) is 4.98 Å². The van der Waals surface area contributed by atoms with E-state index in [9.17, 15) is 0 Å². The van der Waals surface area contributed by atoms with E-state index in [1.807, 2.05) is 0 Å². The van der Waals surface area contributed by atoms with Crippen molar-refractivity contribution in [2.45, 2.75) is 0 Å². The minimum atomic E-state index is 0.319. The van der Waals surface area contributed by atoms with Crippen LogP contribution >= 0.6 is 11.6 Å². The average molecular weight is 133 g/mol. The number of aromatic nitrogens is 1. The fraction of sp³-hybridized carbons (Fsp3) is 0. The highest BCUT2D eigenvalue weighted by atomic mass is 35.5. The summed E-state index contributed by atoms with van der Waals surface area (Å²) in [5, 5.41) is 0.502. The largest absolute Gasteiger partial charge is 0.272 e. The minimum Gasteiger partial charge on any atom is -0.272 e. The number of hydrogen-bond acceptors (Lipinski definition) is 1. The molecule has 1 heterocycles. The maximum atomic E-state index is 5.52. The second-order valence-corrected chi connectivity index (χ2v) is 2.06. The quantitative estimate of drug-likeness (QED) is 0.427. The highest BCUT2D eigenvalue weighted by Crippen LogP contribution is 1.98. The summed E-state index contributed by atoms with van der Waals surface area (Å²) in [4.78, 5) is 3.70. The van der Waals surface area contributed by atoms with Crippen LogP contribution in [0.15, 0.2) is 12.3 Å². The molecule has 0 N–H and O–H groups in total. The Balaban J connectivity index is 3.17. The molecule has 0 saturated carbocycles. The number of hydrogen-bond donors (Lipinski definition) is 0. The summed E-state index contributed by atoms with van der Waals surface area (Å²) in [5.41, 5.74) is 0.738. The molecule has 0 saturated heterocycles. The third-order valence-electron chi connectivity index (χ3n) is 0.916. The van der Waals surface area contributed by atoms with Gasteiger partial charge in [-0.25, -0.2) is 0 Å². The predicted molar refractivity (Wildman–Crippen MR) is 40.0 cm³/mol. The first-order valence-electron chi connectivity index (χ1n) is 2.36. The molecule has 1 rings (SSSR count). The Morgan fingerprint density at radius 2 is 2.11 bits per heavy atom. The van der Waals surface area contributed by atoms with Gasteiger partial charge in [-0.05, 0) is 11.7 Å². The SMILES string of the molecule is [B]c1cc(Cl)cnc1[B]. The van der Waals surface area contributed by atoms with Gasteiger partial charge in [0.2, 0.25) is 0 Å². The van der Waals surface area contributed by atoms with Crippen LogP contribution in [0.25, 0.3) is 0 Å². The monoisotopic (exact) mass is 133 g/mol. The molecule has 0 amide bonds. The third-order valence-corrected chi connectivity index (χ3v) is 1.12. The topological polar surface area (TPSA) is 12.9 Å². The number of pyridine rings is 1. The van der Waals surface area contributed by atoms with Crippen molar-refractivity contribution in [1.29, 1.82) is 0 Å². The lowest BCUT2D eigenvalue weighted by Gasteiger charge is -1.97. The van der Waals surface area contributed by atoms with Crippen molar-refractivity contribution in [2.75, 3.05) is 0 Å². The van der Waals surface area contributed by atoms with Crippen molar-refractivity contribution in [3.8, 4) is 0 Å². The Hall–Kier alpha value is -0.430. The number of nitrogens with zero attached hydrogens (tertiary/aromatic N) is 1. The van der Waals surface area contributed by atoms with Gasteiger partial charge in [0.1, 0.15) is 15.7 Å². The lowest BCUT2D eigenvalue weighted by molar-refractivity contribution is 1.41. The van der Waals surface area contributed by atoms with Crippen molar-refractivity contribution in [2.24, 2.45) is 0 Å². The predicted octanol–water partition coefficient (Wildman–Crippen LogP) is -0.677. The third kappa shape index (κ3) is 1.49. The van der Waals surface area contributed by atoms with Gasteiger partial charge in [0.25, 0.3) is 0 Å². The van der Waals surface area contributed by atoms with Crippen LogP contribution in [0.4, 0.5) is 0 Å². The number of halogens is 1. The highest BCUT2D eigenvalue weighted by molar-refractivity contribution is 6.48. The first-order chi connectivity index (χ1) is 4.20. The van der Waals surface area contributed by atoms with Gasteiger partial charge in [-0.15, -0.1) is 0 Å². The summed E-state index contributed by atoms with van der Waals surface area (Å²) in [6, 6.07) is 1.56. The Morgan fingerprint density at radius 3 is 2.56 bits per heavy atom. The molecule has 4 heteroatoms. The standard InChI is InChI=1S/C5H2B2ClN/c6-4-1-3(8)2-9-5(4)7/h1-2H. The van der Waals surface area contributed by atoms with Gasteiger partial charge >= 0.3 is 0 Å².